The molecule has 1 saturated heterocycles. The molecule has 0 atom stereocenters. The van der Waals surface area contributed by atoms with Crippen molar-refractivity contribution in [3.8, 4) is 0 Å². The van der Waals surface area contributed by atoms with Crippen LogP contribution in [0.5, 0.6) is 0 Å². The van der Waals surface area contributed by atoms with Crippen LogP contribution < -0.4 is 0 Å². The van der Waals surface area contributed by atoms with Crippen molar-refractivity contribution in [2.24, 2.45) is 0 Å². The average molecular weight is 363 g/mol. The summed E-state index contributed by atoms with van der Waals surface area (Å²) in [5, 5.41) is 8.70. The molecular weight excluding hydrogens is 335 g/mol. The molecule has 0 radical (unpaired) electrons. The smallest absolute Gasteiger partial charge is 0.303 e. The third-order valence-corrected chi connectivity index (χ3v) is 4.19. The number of aryl methyl sites for hydroxylation is 1. The number of benzene rings is 1. The van der Waals surface area contributed by atoms with Crippen molar-refractivity contribution in [3.05, 3.63) is 35.4 Å². The predicted molar refractivity (Wildman–Crippen MR) is 98.9 cm³/mol. The van der Waals surface area contributed by atoms with Gasteiger partial charge in [0, 0.05) is 45.2 Å². The molecule has 23 heavy (non-hydrogen) atoms. The van der Waals surface area contributed by atoms with Crippen LogP contribution in [0.4, 0.5) is 0 Å². The highest BCUT2D eigenvalue weighted by molar-refractivity contribution is 5.85. The van der Waals surface area contributed by atoms with Crippen molar-refractivity contribution in [3.63, 3.8) is 0 Å². The summed E-state index contributed by atoms with van der Waals surface area (Å²) in [5.74, 6) is -0.734. The number of carboxylic acids is 1. The fraction of sp³-hybridized carbons (Fsp3) is 0.588. The van der Waals surface area contributed by atoms with Gasteiger partial charge < -0.3 is 5.11 Å². The highest BCUT2D eigenvalue weighted by Gasteiger charge is 2.18. The van der Waals surface area contributed by atoms with Gasteiger partial charge in [0.15, 0.2) is 0 Å². The normalized spacial score (nSPS) is 15.8. The Bertz CT molecular complexity index is 458. The van der Waals surface area contributed by atoms with Gasteiger partial charge in [0.05, 0.1) is 0 Å². The molecule has 4 nitrogen and oxygen atoms in total. The molecule has 1 aromatic rings. The monoisotopic (exact) mass is 362 g/mol. The number of hydrogen-bond acceptors (Lipinski definition) is 3. The van der Waals surface area contributed by atoms with E-state index in [-0.39, 0.29) is 31.2 Å². The predicted octanol–water partition coefficient (Wildman–Crippen LogP) is 3.07. The summed E-state index contributed by atoms with van der Waals surface area (Å²) in [4.78, 5) is 15.6. The fourth-order valence-electron chi connectivity index (χ4n) is 2.76. The van der Waals surface area contributed by atoms with Gasteiger partial charge in [-0.15, -0.1) is 24.8 Å². The summed E-state index contributed by atoms with van der Waals surface area (Å²) in [6.07, 6.45) is 0.819. The standard InChI is InChI=1S/C17H26N2O2.2ClH/c1-14(2)19-11-9-18(10-12-19)13-16-5-3-15(4-6-16)7-8-17(20)21;;/h3-6,14H,7-13H2,1-2H3,(H,20,21);2*1H. The zero-order chi connectivity index (χ0) is 15.2. The Morgan fingerprint density at radius 2 is 1.57 bits per heavy atom. The van der Waals surface area contributed by atoms with Crippen molar-refractivity contribution in [1.29, 1.82) is 0 Å². The fourth-order valence-corrected chi connectivity index (χ4v) is 2.76. The van der Waals surface area contributed by atoms with Crippen molar-refractivity contribution in [2.75, 3.05) is 26.2 Å². The van der Waals surface area contributed by atoms with Crippen molar-refractivity contribution in [2.45, 2.75) is 39.3 Å². The Hall–Kier alpha value is -0.810. The Kier molecular flexibility index (Phi) is 10.5. The van der Waals surface area contributed by atoms with E-state index in [0.29, 0.717) is 12.5 Å². The number of halogens is 2. The molecule has 1 aliphatic rings. The molecule has 0 bridgehead atoms. The quantitative estimate of drug-likeness (QED) is 0.844. The minimum absolute atomic E-state index is 0. The van der Waals surface area contributed by atoms with Crippen LogP contribution in [0.15, 0.2) is 24.3 Å². The first-order chi connectivity index (χ1) is 10.0. The molecule has 6 heteroatoms. The molecule has 1 aliphatic heterocycles. The van der Waals surface area contributed by atoms with Crippen LogP contribution in [0.1, 0.15) is 31.4 Å². The van der Waals surface area contributed by atoms with Crippen LogP contribution in [0.2, 0.25) is 0 Å². The van der Waals surface area contributed by atoms with E-state index in [4.69, 9.17) is 5.11 Å². The summed E-state index contributed by atoms with van der Waals surface area (Å²) in [7, 11) is 0. The summed E-state index contributed by atoms with van der Waals surface area (Å²) in [6.45, 7) is 10.0. The first-order valence-corrected chi connectivity index (χ1v) is 7.80. The van der Waals surface area contributed by atoms with Crippen molar-refractivity contribution < 1.29 is 9.90 Å². The second-order valence-electron chi connectivity index (χ2n) is 6.12. The molecule has 1 aromatic carbocycles. The summed E-state index contributed by atoms with van der Waals surface area (Å²) < 4.78 is 0. The number of aliphatic carboxylic acids is 1. The largest absolute Gasteiger partial charge is 0.481 e. The highest BCUT2D eigenvalue weighted by atomic mass is 35.5. The van der Waals surface area contributed by atoms with Crippen LogP contribution in [0.25, 0.3) is 0 Å². The third kappa shape index (κ3) is 7.53. The van der Waals surface area contributed by atoms with Crippen LogP contribution in [-0.2, 0) is 17.8 Å². The van der Waals surface area contributed by atoms with Gasteiger partial charge in [-0.2, -0.15) is 0 Å². The van der Waals surface area contributed by atoms with E-state index >= 15 is 0 Å². The molecule has 2 rings (SSSR count). The Morgan fingerprint density at radius 3 is 2.04 bits per heavy atom. The van der Waals surface area contributed by atoms with Gasteiger partial charge in [-0.3, -0.25) is 14.6 Å². The molecule has 0 saturated carbocycles. The second kappa shape index (κ2) is 10.9. The lowest BCUT2D eigenvalue weighted by Gasteiger charge is -2.36. The number of carboxylic acid groups (broad SMARTS) is 1. The van der Waals surface area contributed by atoms with E-state index in [2.05, 4.69) is 47.9 Å². The van der Waals surface area contributed by atoms with Gasteiger partial charge in [-0.05, 0) is 31.4 Å². The summed E-state index contributed by atoms with van der Waals surface area (Å²) in [5.41, 5.74) is 2.41. The van der Waals surface area contributed by atoms with Gasteiger partial charge in [-0.1, -0.05) is 24.3 Å². The maximum atomic E-state index is 10.6. The van der Waals surface area contributed by atoms with E-state index in [9.17, 15) is 4.79 Å². The first-order valence-electron chi connectivity index (χ1n) is 7.80. The molecule has 0 amide bonds. The average Bonchev–Trinajstić information content (AvgIpc) is 2.47. The topological polar surface area (TPSA) is 43.8 Å². The Morgan fingerprint density at radius 1 is 1.04 bits per heavy atom. The molecule has 1 fully saturated rings. The van der Waals surface area contributed by atoms with Gasteiger partial charge >= 0.3 is 5.97 Å². The maximum absolute atomic E-state index is 10.6. The molecule has 132 valence electrons. The van der Waals surface area contributed by atoms with Gasteiger partial charge in [0.1, 0.15) is 0 Å². The number of piperazine rings is 1. The second-order valence-corrected chi connectivity index (χ2v) is 6.12. The third-order valence-electron chi connectivity index (χ3n) is 4.19. The maximum Gasteiger partial charge on any atom is 0.303 e. The minimum atomic E-state index is -0.734. The lowest BCUT2D eigenvalue weighted by atomic mass is 10.1. The van der Waals surface area contributed by atoms with E-state index in [1.165, 1.54) is 5.56 Å². The molecule has 0 aliphatic carbocycles. The minimum Gasteiger partial charge on any atom is -0.481 e. The van der Waals surface area contributed by atoms with E-state index in [0.717, 1.165) is 38.3 Å². The SMILES string of the molecule is CC(C)N1CCN(Cc2ccc(CCC(=O)O)cc2)CC1.Cl.Cl. The number of carbonyl (C=O) groups is 1. The van der Waals surface area contributed by atoms with E-state index in [1.807, 2.05) is 0 Å². The van der Waals surface area contributed by atoms with Crippen LogP contribution >= 0.6 is 24.8 Å². The number of hydrogen-bond donors (Lipinski definition) is 1. The lowest BCUT2D eigenvalue weighted by molar-refractivity contribution is -0.136. The Labute approximate surface area is 151 Å². The lowest BCUT2D eigenvalue weighted by Crippen LogP contribution is -2.48. The Balaban J connectivity index is 0.00000242. The first kappa shape index (κ1) is 22.2. The zero-order valence-corrected chi connectivity index (χ0v) is 15.5. The van der Waals surface area contributed by atoms with Crippen molar-refractivity contribution in [1.82, 2.24) is 9.80 Å². The molecule has 1 heterocycles. The van der Waals surface area contributed by atoms with Crippen molar-refractivity contribution >= 4 is 30.8 Å². The summed E-state index contributed by atoms with van der Waals surface area (Å²) >= 11 is 0. The van der Waals surface area contributed by atoms with Crippen LogP contribution in [-0.4, -0.2) is 53.1 Å². The summed E-state index contributed by atoms with van der Waals surface area (Å²) in [6, 6.07) is 9.02. The van der Waals surface area contributed by atoms with Gasteiger partial charge in [0.25, 0.3) is 0 Å². The molecular formula is C17H28Cl2N2O2. The molecule has 0 spiro atoms. The van der Waals surface area contributed by atoms with Gasteiger partial charge in [-0.25, -0.2) is 0 Å². The van der Waals surface area contributed by atoms with Gasteiger partial charge in [0.2, 0.25) is 0 Å². The zero-order valence-electron chi connectivity index (χ0n) is 13.9. The van der Waals surface area contributed by atoms with E-state index in [1.54, 1.807) is 0 Å². The highest BCUT2D eigenvalue weighted by Crippen LogP contribution is 2.12. The molecule has 1 N–H and O–H groups in total. The van der Waals surface area contributed by atoms with E-state index < -0.39 is 5.97 Å². The number of nitrogens with zero attached hydrogens (tertiary/aromatic N) is 2. The van der Waals surface area contributed by atoms with Crippen LogP contribution in [0, 0.1) is 0 Å². The number of rotatable bonds is 6. The van der Waals surface area contributed by atoms with Crippen LogP contribution in [0.3, 0.4) is 0 Å². The molecule has 0 unspecified atom stereocenters. The molecule has 0 aromatic heterocycles.